The molecule has 2 heteroatoms. The Morgan fingerprint density at radius 2 is 1.78 bits per heavy atom. The number of anilines is 2. The third-order valence-corrected chi connectivity index (χ3v) is 3.11. The molecule has 0 bridgehead atoms. The van der Waals surface area contributed by atoms with E-state index >= 15 is 0 Å². The predicted molar refractivity (Wildman–Crippen MR) is 79.3 cm³/mol. The molecule has 0 aliphatic rings. The minimum absolute atomic E-state index is 0.915. The van der Waals surface area contributed by atoms with Crippen molar-refractivity contribution in [1.29, 1.82) is 0 Å². The van der Waals surface area contributed by atoms with E-state index in [-0.39, 0.29) is 0 Å². The van der Waals surface area contributed by atoms with E-state index in [1.165, 1.54) is 16.8 Å². The molecule has 0 fully saturated rings. The van der Waals surface area contributed by atoms with Crippen molar-refractivity contribution in [2.24, 2.45) is 0 Å². The lowest BCUT2D eigenvalue weighted by Crippen LogP contribution is -2.16. The van der Waals surface area contributed by atoms with Gasteiger partial charge in [0.25, 0.3) is 0 Å². The first-order valence-corrected chi connectivity index (χ1v) is 6.23. The number of rotatable bonds is 4. The molecule has 0 aliphatic heterocycles. The molecule has 0 unspecified atom stereocenters. The molecule has 0 atom stereocenters. The zero-order chi connectivity index (χ0) is 13.0. The summed E-state index contributed by atoms with van der Waals surface area (Å²) in [5.74, 6) is 0. The Kier molecular flexibility index (Phi) is 3.88. The maximum atomic E-state index is 3.17. The molecule has 2 aromatic rings. The van der Waals surface area contributed by atoms with Gasteiger partial charge in [0.15, 0.2) is 0 Å². The molecular formula is C16H20N2. The van der Waals surface area contributed by atoms with Crippen LogP contribution in [0.25, 0.3) is 0 Å². The Morgan fingerprint density at radius 3 is 2.44 bits per heavy atom. The molecule has 2 rings (SSSR count). The van der Waals surface area contributed by atoms with Crippen LogP contribution in [0.1, 0.15) is 11.1 Å². The number of hydrogen-bond acceptors (Lipinski definition) is 2. The van der Waals surface area contributed by atoms with Crippen molar-refractivity contribution in [3.05, 3.63) is 59.7 Å². The van der Waals surface area contributed by atoms with Crippen LogP contribution in [-0.2, 0) is 6.54 Å². The first-order valence-electron chi connectivity index (χ1n) is 6.23. The van der Waals surface area contributed by atoms with Gasteiger partial charge < -0.3 is 10.2 Å². The highest BCUT2D eigenvalue weighted by molar-refractivity contribution is 5.49. The summed E-state index contributed by atoms with van der Waals surface area (Å²) < 4.78 is 0. The Morgan fingerprint density at radius 1 is 1.06 bits per heavy atom. The molecule has 0 radical (unpaired) electrons. The molecule has 0 aromatic heterocycles. The highest BCUT2D eigenvalue weighted by Gasteiger charge is 2.02. The maximum Gasteiger partial charge on any atom is 0.0426 e. The summed E-state index contributed by atoms with van der Waals surface area (Å²) >= 11 is 0. The molecule has 1 N–H and O–H groups in total. The first kappa shape index (κ1) is 12.5. The molecule has 0 saturated heterocycles. The van der Waals surface area contributed by atoms with Crippen LogP contribution in [0.5, 0.6) is 0 Å². The van der Waals surface area contributed by atoms with Gasteiger partial charge in [0.05, 0.1) is 0 Å². The highest BCUT2D eigenvalue weighted by atomic mass is 15.1. The second-order valence-electron chi connectivity index (χ2n) is 4.64. The van der Waals surface area contributed by atoms with Crippen LogP contribution < -0.4 is 10.2 Å². The van der Waals surface area contributed by atoms with E-state index in [1.54, 1.807) is 0 Å². The minimum atomic E-state index is 0.915. The van der Waals surface area contributed by atoms with Gasteiger partial charge in [-0.2, -0.15) is 0 Å². The summed E-state index contributed by atoms with van der Waals surface area (Å²) in [4.78, 5) is 2.26. The van der Waals surface area contributed by atoms with Crippen molar-refractivity contribution < 1.29 is 0 Å². The summed E-state index contributed by atoms with van der Waals surface area (Å²) in [6.07, 6.45) is 0. The van der Waals surface area contributed by atoms with Crippen molar-refractivity contribution in [2.45, 2.75) is 13.5 Å². The van der Waals surface area contributed by atoms with Crippen molar-refractivity contribution in [2.75, 3.05) is 24.3 Å². The molecule has 0 heterocycles. The summed E-state index contributed by atoms with van der Waals surface area (Å²) in [6.45, 7) is 3.03. The van der Waals surface area contributed by atoms with E-state index in [0.29, 0.717) is 0 Å². The van der Waals surface area contributed by atoms with Crippen LogP contribution in [0.3, 0.4) is 0 Å². The first-order chi connectivity index (χ1) is 8.69. The fraction of sp³-hybridized carbons (Fsp3) is 0.250. The Hall–Kier alpha value is -1.96. The summed E-state index contributed by atoms with van der Waals surface area (Å²) in [6, 6.07) is 17.1. The topological polar surface area (TPSA) is 15.3 Å². The molecule has 2 aromatic carbocycles. The third-order valence-electron chi connectivity index (χ3n) is 3.11. The van der Waals surface area contributed by atoms with Gasteiger partial charge in [-0.3, -0.25) is 0 Å². The number of aryl methyl sites for hydroxylation is 1. The number of nitrogens with one attached hydrogen (secondary N) is 1. The number of hydrogen-bond donors (Lipinski definition) is 1. The van der Waals surface area contributed by atoms with Gasteiger partial charge in [0.1, 0.15) is 0 Å². The highest BCUT2D eigenvalue weighted by Crippen LogP contribution is 2.17. The lowest BCUT2D eigenvalue weighted by atomic mass is 10.1. The van der Waals surface area contributed by atoms with Crippen LogP contribution in [0.15, 0.2) is 48.5 Å². The Balaban J connectivity index is 2.10. The second-order valence-corrected chi connectivity index (χ2v) is 4.64. The molecule has 0 amide bonds. The fourth-order valence-electron chi connectivity index (χ4n) is 1.99. The van der Waals surface area contributed by atoms with E-state index in [1.807, 2.05) is 7.05 Å². The van der Waals surface area contributed by atoms with Crippen LogP contribution >= 0.6 is 0 Å². The quantitative estimate of drug-likeness (QED) is 0.877. The zero-order valence-corrected chi connectivity index (χ0v) is 11.3. The predicted octanol–water partition coefficient (Wildman–Crippen LogP) is 3.67. The molecule has 0 aliphatic carbocycles. The molecule has 94 valence electrons. The number of nitrogens with zero attached hydrogens (tertiary/aromatic N) is 1. The summed E-state index contributed by atoms with van der Waals surface area (Å²) in [5, 5.41) is 3.17. The molecule has 2 nitrogen and oxygen atoms in total. The fourth-order valence-corrected chi connectivity index (χ4v) is 1.99. The van der Waals surface area contributed by atoms with E-state index < -0.39 is 0 Å². The average molecular weight is 240 g/mol. The van der Waals surface area contributed by atoms with Gasteiger partial charge in [-0.1, -0.05) is 29.8 Å². The lowest BCUT2D eigenvalue weighted by Gasteiger charge is -2.20. The SMILES string of the molecule is CNc1cccc(CN(C)c2ccc(C)cc2)c1. The van der Waals surface area contributed by atoms with E-state index in [0.717, 1.165) is 12.2 Å². The van der Waals surface area contributed by atoms with Crippen LogP contribution in [-0.4, -0.2) is 14.1 Å². The summed E-state index contributed by atoms with van der Waals surface area (Å²) in [5.41, 5.74) is 5.01. The van der Waals surface area contributed by atoms with Crippen molar-refractivity contribution >= 4 is 11.4 Å². The number of benzene rings is 2. The van der Waals surface area contributed by atoms with Gasteiger partial charge in [-0.05, 0) is 36.8 Å². The zero-order valence-electron chi connectivity index (χ0n) is 11.3. The van der Waals surface area contributed by atoms with E-state index in [4.69, 9.17) is 0 Å². The molecular weight excluding hydrogens is 220 g/mol. The molecule has 0 spiro atoms. The average Bonchev–Trinajstić information content (AvgIpc) is 2.39. The van der Waals surface area contributed by atoms with E-state index in [9.17, 15) is 0 Å². The van der Waals surface area contributed by atoms with Crippen molar-refractivity contribution in [3.8, 4) is 0 Å². The van der Waals surface area contributed by atoms with Crippen LogP contribution in [0.2, 0.25) is 0 Å². The van der Waals surface area contributed by atoms with E-state index in [2.05, 4.69) is 72.7 Å². The summed E-state index contributed by atoms with van der Waals surface area (Å²) in [7, 11) is 4.07. The Labute approximate surface area is 109 Å². The van der Waals surface area contributed by atoms with Gasteiger partial charge in [0.2, 0.25) is 0 Å². The lowest BCUT2D eigenvalue weighted by molar-refractivity contribution is 0.923. The Bertz CT molecular complexity index is 503. The van der Waals surface area contributed by atoms with Crippen molar-refractivity contribution in [1.82, 2.24) is 0 Å². The smallest absolute Gasteiger partial charge is 0.0426 e. The van der Waals surface area contributed by atoms with Crippen molar-refractivity contribution in [3.63, 3.8) is 0 Å². The largest absolute Gasteiger partial charge is 0.388 e. The monoisotopic (exact) mass is 240 g/mol. The second kappa shape index (κ2) is 5.58. The van der Waals surface area contributed by atoms with Gasteiger partial charge in [0, 0.05) is 32.0 Å². The molecule has 0 saturated carbocycles. The molecule has 18 heavy (non-hydrogen) atoms. The van der Waals surface area contributed by atoms with Gasteiger partial charge in [-0.25, -0.2) is 0 Å². The normalized spacial score (nSPS) is 10.2. The van der Waals surface area contributed by atoms with Gasteiger partial charge in [-0.15, -0.1) is 0 Å². The van der Waals surface area contributed by atoms with Gasteiger partial charge >= 0.3 is 0 Å². The van der Waals surface area contributed by atoms with Crippen LogP contribution in [0, 0.1) is 6.92 Å². The van der Waals surface area contributed by atoms with Crippen LogP contribution in [0.4, 0.5) is 11.4 Å². The maximum absolute atomic E-state index is 3.17. The third kappa shape index (κ3) is 3.04. The minimum Gasteiger partial charge on any atom is -0.388 e. The standard InChI is InChI=1S/C16H20N2/c1-13-7-9-16(10-8-13)18(3)12-14-5-4-6-15(11-14)17-2/h4-11,17H,12H2,1-3H3.